The summed E-state index contributed by atoms with van der Waals surface area (Å²) in [6, 6.07) is 5.54. The van der Waals surface area contributed by atoms with E-state index in [0.29, 0.717) is 5.56 Å². The smallest absolute Gasteiger partial charge is 0.253 e. The van der Waals surface area contributed by atoms with Crippen LogP contribution in [-0.2, 0) is 0 Å². The summed E-state index contributed by atoms with van der Waals surface area (Å²) >= 11 is 0. The maximum Gasteiger partial charge on any atom is 0.253 e. The molecule has 0 atom stereocenters. The van der Waals surface area contributed by atoms with E-state index in [1.165, 1.54) is 0 Å². The second-order valence-electron chi connectivity index (χ2n) is 5.03. The minimum atomic E-state index is -0.0579. The monoisotopic (exact) mass is 283 g/mol. The SMILES string of the molecule is O=C(NC1CCN(c2ncccn2)CC1)c1cccnc1. The Morgan fingerprint density at radius 1 is 1.14 bits per heavy atom. The first kappa shape index (κ1) is 13.5. The Morgan fingerprint density at radius 2 is 1.90 bits per heavy atom. The molecule has 2 aromatic heterocycles. The van der Waals surface area contributed by atoms with Crippen molar-refractivity contribution >= 4 is 11.9 Å². The number of nitrogens with zero attached hydrogens (tertiary/aromatic N) is 4. The van der Waals surface area contributed by atoms with Crippen LogP contribution in [0.15, 0.2) is 43.0 Å². The lowest BCUT2D eigenvalue weighted by atomic mass is 10.0. The predicted octanol–water partition coefficient (Wildman–Crippen LogP) is 1.27. The molecule has 3 heterocycles. The van der Waals surface area contributed by atoms with Gasteiger partial charge in [-0.3, -0.25) is 9.78 Å². The summed E-state index contributed by atoms with van der Waals surface area (Å²) in [6.07, 6.45) is 8.53. The van der Waals surface area contributed by atoms with Crippen molar-refractivity contribution < 1.29 is 4.79 Å². The van der Waals surface area contributed by atoms with Gasteiger partial charge in [-0.1, -0.05) is 0 Å². The summed E-state index contributed by atoms with van der Waals surface area (Å²) in [5.74, 6) is 0.701. The molecule has 0 unspecified atom stereocenters. The molecule has 1 aliphatic rings. The summed E-state index contributed by atoms with van der Waals surface area (Å²) in [7, 11) is 0. The molecular weight excluding hydrogens is 266 g/mol. The number of hydrogen-bond donors (Lipinski definition) is 1. The highest BCUT2D eigenvalue weighted by molar-refractivity contribution is 5.94. The average Bonchev–Trinajstić information content (AvgIpc) is 2.57. The van der Waals surface area contributed by atoms with E-state index in [9.17, 15) is 4.79 Å². The van der Waals surface area contributed by atoms with Gasteiger partial charge in [-0.25, -0.2) is 9.97 Å². The number of rotatable bonds is 3. The average molecular weight is 283 g/mol. The van der Waals surface area contributed by atoms with Crippen molar-refractivity contribution in [1.29, 1.82) is 0 Å². The Bertz CT molecular complexity index is 582. The van der Waals surface area contributed by atoms with Crippen LogP contribution in [0.1, 0.15) is 23.2 Å². The van der Waals surface area contributed by atoms with Crippen molar-refractivity contribution in [2.24, 2.45) is 0 Å². The second-order valence-corrected chi connectivity index (χ2v) is 5.03. The highest BCUT2D eigenvalue weighted by Crippen LogP contribution is 2.15. The Labute approximate surface area is 123 Å². The van der Waals surface area contributed by atoms with E-state index in [2.05, 4.69) is 25.2 Å². The molecular formula is C15H17N5O. The number of carbonyl (C=O) groups is 1. The third-order valence-electron chi connectivity index (χ3n) is 3.59. The molecule has 0 bridgehead atoms. The number of anilines is 1. The van der Waals surface area contributed by atoms with Gasteiger partial charge in [0.05, 0.1) is 5.56 Å². The highest BCUT2D eigenvalue weighted by atomic mass is 16.1. The first-order valence-electron chi connectivity index (χ1n) is 7.06. The standard InChI is InChI=1S/C15H17N5O/c21-14(12-3-1-6-16-11-12)19-13-4-9-20(10-5-13)15-17-7-2-8-18-15/h1-3,6-8,11,13H,4-5,9-10H2,(H,19,21). The van der Waals surface area contributed by atoms with E-state index < -0.39 is 0 Å². The molecule has 1 aliphatic heterocycles. The van der Waals surface area contributed by atoms with E-state index in [4.69, 9.17) is 0 Å². The van der Waals surface area contributed by atoms with Gasteiger partial charge in [-0.2, -0.15) is 0 Å². The number of amides is 1. The van der Waals surface area contributed by atoms with E-state index in [1.807, 2.05) is 6.07 Å². The number of carbonyl (C=O) groups excluding carboxylic acids is 1. The molecule has 1 N–H and O–H groups in total. The van der Waals surface area contributed by atoms with Gasteiger partial charge >= 0.3 is 0 Å². The van der Waals surface area contributed by atoms with Gasteiger partial charge in [0.25, 0.3) is 5.91 Å². The van der Waals surface area contributed by atoms with Gasteiger partial charge in [0.15, 0.2) is 0 Å². The van der Waals surface area contributed by atoms with Crippen molar-refractivity contribution in [3.8, 4) is 0 Å². The number of piperidine rings is 1. The zero-order valence-electron chi connectivity index (χ0n) is 11.6. The second kappa shape index (κ2) is 6.30. The van der Waals surface area contributed by atoms with Crippen LogP contribution in [0.2, 0.25) is 0 Å². The zero-order chi connectivity index (χ0) is 14.5. The molecule has 2 aromatic rings. The molecule has 108 valence electrons. The molecule has 0 radical (unpaired) electrons. The minimum absolute atomic E-state index is 0.0579. The van der Waals surface area contributed by atoms with Gasteiger partial charge in [-0.05, 0) is 31.0 Å². The van der Waals surface area contributed by atoms with Gasteiger partial charge in [0, 0.05) is 43.9 Å². The highest BCUT2D eigenvalue weighted by Gasteiger charge is 2.22. The van der Waals surface area contributed by atoms with E-state index in [0.717, 1.165) is 31.9 Å². The van der Waals surface area contributed by atoms with Gasteiger partial charge in [0.1, 0.15) is 0 Å². The quantitative estimate of drug-likeness (QED) is 0.918. The lowest BCUT2D eigenvalue weighted by Crippen LogP contribution is -2.45. The molecule has 0 aliphatic carbocycles. The molecule has 3 rings (SSSR count). The molecule has 1 amide bonds. The fraction of sp³-hybridized carbons (Fsp3) is 0.333. The third kappa shape index (κ3) is 3.34. The van der Waals surface area contributed by atoms with E-state index >= 15 is 0 Å². The van der Waals surface area contributed by atoms with Gasteiger partial charge in [-0.15, -0.1) is 0 Å². The number of aromatic nitrogens is 3. The first-order chi connectivity index (χ1) is 10.3. The Morgan fingerprint density at radius 3 is 2.57 bits per heavy atom. The van der Waals surface area contributed by atoms with Crippen molar-refractivity contribution in [3.05, 3.63) is 48.5 Å². The van der Waals surface area contributed by atoms with E-state index in [-0.39, 0.29) is 11.9 Å². The Kier molecular flexibility index (Phi) is 4.04. The predicted molar refractivity (Wildman–Crippen MR) is 79.0 cm³/mol. The van der Waals surface area contributed by atoms with E-state index in [1.54, 1.807) is 36.9 Å². The van der Waals surface area contributed by atoms with Crippen molar-refractivity contribution in [2.45, 2.75) is 18.9 Å². The maximum atomic E-state index is 12.1. The lowest BCUT2D eigenvalue weighted by Gasteiger charge is -2.32. The third-order valence-corrected chi connectivity index (χ3v) is 3.59. The molecule has 1 fully saturated rings. The summed E-state index contributed by atoms with van der Waals surface area (Å²) < 4.78 is 0. The molecule has 6 heteroatoms. The van der Waals surface area contributed by atoms with Crippen molar-refractivity contribution in [1.82, 2.24) is 20.3 Å². The van der Waals surface area contributed by atoms with Crippen LogP contribution in [0.5, 0.6) is 0 Å². The van der Waals surface area contributed by atoms with Crippen LogP contribution in [-0.4, -0.2) is 40.0 Å². The zero-order valence-corrected chi connectivity index (χ0v) is 11.6. The topological polar surface area (TPSA) is 71.0 Å². The van der Waals surface area contributed by atoms with Crippen LogP contribution >= 0.6 is 0 Å². The molecule has 0 saturated carbocycles. The van der Waals surface area contributed by atoms with Gasteiger partial charge < -0.3 is 10.2 Å². The number of hydrogen-bond acceptors (Lipinski definition) is 5. The minimum Gasteiger partial charge on any atom is -0.349 e. The molecule has 21 heavy (non-hydrogen) atoms. The maximum absolute atomic E-state index is 12.1. The fourth-order valence-electron chi connectivity index (χ4n) is 2.44. The molecule has 1 saturated heterocycles. The molecule has 0 aromatic carbocycles. The number of nitrogens with one attached hydrogen (secondary N) is 1. The Balaban J connectivity index is 1.53. The molecule has 6 nitrogen and oxygen atoms in total. The van der Waals surface area contributed by atoms with Crippen molar-refractivity contribution in [3.63, 3.8) is 0 Å². The van der Waals surface area contributed by atoms with Crippen LogP contribution < -0.4 is 10.2 Å². The van der Waals surface area contributed by atoms with Crippen LogP contribution in [0.4, 0.5) is 5.95 Å². The first-order valence-corrected chi connectivity index (χ1v) is 7.06. The fourth-order valence-corrected chi connectivity index (χ4v) is 2.44. The summed E-state index contributed by atoms with van der Waals surface area (Å²) in [5.41, 5.74) is 0.603. The molecule has 0 spiro atoms. The van der Waals surface area contributed by atoms with Crippen LogP contribution in [0.25, 0.3) is 0 Å². The Hall–Kier alpha value is -2.50. The lowest BCUT2D eigenvalue weighted by molar-refractivity contribution is 0.0930. The number of pyridine rings is 1. The summed E-state index contributed by atoms with van der Waals surface area (Å²) in [5, 5.41) is 3.06. The van der Waals surface area contributed by atoms with Crippen LogP contribution in [0, 0.1) is 0 Å². The van der Waals surface area contributed by atoms with Gasteiger partial charge in [0.2, 0.25) is 5.95 Å². The normalized spacial score (nSPS) is 15.7. The van der Waals surface area contributed by atoms with Crippen molar-refractivity contribution in [2.75, 3.05) is 18.0 Å². The summed E-state index contributed by atoms with van der Waals surface area (Å²) in [4.78, 5) is 26.7. The largest absolute Gasteiger partial charge is 0.349 e. The van der Waals surface area contributed by atoms with Crippen LogP contribution in [0.3, 0.4) is 0 Å². The summed E-state index contributed by atoms with van der Waals surface area (Å²) in [6.45, 7) is 1.70.